The molecule has 1 heterocycles. The fraction of sp³-hybridized carbons (Fsp3) is 0.300. The maximum Gasteiger partial charge on any atom is 0.261 e. The number of thiocarbonyl (C=S) groups is 1. The molecule has 3 rings (SSSR count). The largest absolute Gasteiger partial charge is 0.492 e. The van der Waals surface area contributed by atoms with Crippen LogP contribution in [0, 0.1) is 5.92 Å². The second-order valence-corrected chi connectivity index (χ2v) is 6.88. The van der Waals surface area contributed by atoms with Gasteiger partial charge in [-0.05, 0) is 48.3 Å². The summed E-state index contributed by atoms with van der Waals surface area (Å²) in [5.41, 5.74) is 2.81. The van der Waals surface area contributed by atoms with Crippen LogP contribution in [0.5, 0.6) is 5.75 Å². The molecule has 0 saturated carbocycles. The third kappa shape index (κ3) is 3.99. The smallest absolute Gasteiger partial charge is 0.261 e. The number of fused-ring (bicyclic) bond motifs is 1. The minimum atomic E-state index is -0.242. The number of amides is 1. The number of ether oxygens (including phenoxy) is 1. The molecule has 2 aromatic carbocycles. The van der Waals surface area contributed by atoms with Crippen molar-refractivity contribution in [2.24, 2.45) is 5.92 Å². The highest BCUT2D eigenvalue weighted by Gasteiger charge is 2.23. The van der Waals surface area contributed by atoms with E-state index in [1.54, 1.807) is 6.07 Å². The highest BCUT2D eigenvalue weighted by atomic mass is 32.1. The average Bonchev–Trinajstić information content (AvgIpc) is 3.04. The van der Waals surface area contributed by atoms with Gasteiger partial charge in [0.2, 0.25) is 0 Å². The summed E-state index contributed by atoms with van der Waals surface area (Å²) in [6.07, 6.45) is 0.931. The lowest BCUT2D eigenvalue weighted by Crippen LogP contribution is -2.42. The maximum absolute atomic E-state index is 12.7. The zero-order valence-corrected chi connectivity index (χ0v) is 15.3. The summed E-state index contributed by atoms with van der Waals surface area (Å²) in [5, 5.41) is 3.27. The van der Waals surface area contributed by atoms with Crippen LogP contribution in [-0.2, 0) is 6.42 Å². The van der Waals surface area contributed by atoms with Crippen molar-refractivity contribution in [3.8, 4) is 5.75 Å². The van der Waals surface area contributed by atoms with Gasteiger partial charge in [-0.25, -0.2) is 0 Å². The molecule has 0 saturated heterocycles. The van der Waals surface area contributed by atoms with Crippen molar-refractivity contribution in [2.75, 3.05) is 18.1 Å². The lowest BCUT2D eigenvalue weighted by Gasteiger charge is -2.21. The Morgan fingerprint density at radius 2 is 1.92 bits per heavy atom. The molecule has 130 valence electrons. The number of carbonyl (C=O) groups excluding carboxylic acids is 1. The van der Waals surface area contributed by atoms with Crippen LogP contribution < -0.4 is 15.0 Å². The first-order valence-electron chi connectivity index (χ1n) is 8.49. The van der Waals surface area contributed by atoms with E-state index in [-0.39, 0.29) is 5.91 Å². The molecule has 0 fully saturated rings. The summed E-state index contributed by atoms with van der Waals surface area (Å²) in [4.78, 5) is 14.7. The second kappa shape index (κ2) is 7.66. The summed E-state index contributed by atoms with van der Waals surface area (Å²) >= 11 is 5.47. The molecule has 0 aliphatic carbocycles. The first-order chi connectivity index (χ1) is 12.1. The molecule has 2 aromatic rings. The molecule has 1 aliphatic rings. The van der Waals surface area contributed by atoms with Crippen LogP contribution >= 0.6 is 12.2 Å². The third-order valence-electron chi connectivity index (χ3n) is 4.06. The number of hydrogen-bond acceptors (Lipinski definition) is 3. The molecule has 25 heavy (non-hydrogen) atoms. The zero-order chi connectivity index (χ0) is 17.8. The van der Waals surface area contributed by atoms with Gasteiger partial charge in [0, 0.05) is 12.2 Å². The van der Waals surface area contributed by atoms with Crippen LogP contribution in [0.2, 0.25) is 0 Å². The van der Waals surface area contributed by atoms with Crippen LogP contribution in [0.1, 0.15) is 29.8 Å². The number of rotatable bonds is 4. The highest BCUT2D eigenvalue weighted by molar-refractivity contribution is 7.80. The van der Waals surface area contributed by atoms with Crippen LogP contribution in [-0.4, -0.2) is 24.2 Å². The molecule has 0 spiro atoms. The molecule has 4 nitrogen and oxygen atoms in total. The van der Waals surface area contributed by atoms with Gasteiger partial charge in [0.25, 0.3) is 5.91 Å². The molecule has 0 aromatic heterocycles. The lowest BCUT2D eigenvalue weighted by atomic mass is 10.2. The second-order valence-electron chi connectivity index (χ2n) is 6.49. The van der Waals surface area contributed by atoms with Gasteiger partial charge < -0.3 is 9.64 Å². The Morgan fingerprint density at radius 1 is 1.20 bits per heavy atom. The molecule has 5 heteroatoms. The third-order valence-corrected chi connectivity index (χ3v) is 4.38. The van der Waals surface area contributed by atoms with Gasteiger partial charge in [0.05, 0.1) is 12.2 Å². The maximum atomic E-state index is 12.7. The minimum absolute atomic E-state index is 0.242. The lowest BCUT2D eigenvalue weighted by molar-refractivity contribution is 0.0972. The van der Waals surface area contributed by atoms with E-state index in [0.717, 1.165) is 18.7 Å². The molecule has 0 radical (unpaired) electrons. The summed E-state index contributed by atoms with van der Waals surface area (Å²) in [6, 6.07) is 15.4. The number of para-hydroxylation sites is 2. The van der Waals surface area contributed by atoms with E-state index >= 15 is 0 Å². The normalized spacial score (nSPS) is 12.8. The van der Waals surface area contributed by atoms with Crippen molar-refractivity contribution in [1.82, 2.24) is 5.32 Å². The monoisotopic (exact) mass is 354 g/mol. The molecular formula is C20H22N2O2S. The van der Waals surface area contributed by atoms with Gasteiger partial charge in [0.15, 0.2) is 5.11 Å². The van der Waals surface area contributed by atoms with Crippen molar-refractivity contribution in [1.29, 1.82) is 0 Å². The van der Waals surface area contributed by atoms with E-state index in [1.165, 1.54) is 5.56 Å². The van der Waals surface area contributed by atoms with E-state index in [9.17, 15) is 4.79 Å². The summed E-state index contributed by atoms with van der Waals surface area (Å²) in [6.45, 7) is 5.49. The summed E-state index contributed by atoms with van der Waals surface area (Å²) in [5.74, 6) is 0.727. The van der Waals surface area contributed by atoms with E-state index in [1.807, 2.05) is 41.3 Å². The summed E-state index contributed by atoms with van der Waals surface area (Å²) in [7, 11) is 0. The number of benzene rings is 2. The Bertz CT molecular complexity index is 789. The molecule has 1 aliphatic heterocycles. The van der Waals surface area contributed by atoms with Gasteiger partial charge in [-0.15, -0.1) is 0 Å². The van der Waals surface area contributed by atoms with Crippen molar-refractivity contribution in [3.05, 3.63) is 59.7 Å². The topological polar surface area (TPSA) is 41.6 Å². The molecule has 0 atom stereocenters. The van der Waals surface area contributed by atoms with E-state index < -0.39 is 0 Å². The van der Waals surface area contributed by atoms with Crippen molar-refractivity contribution < 1.29 is 9.53 Å². The Kier molecular flexibility index (Phi) is 5.34. The standard InChI is InChI=1S/C20H22N2O2S/c1-14(2)13-24-18-10-6-4-8-16(18)19(23)21-20(25)22-12-11-15-7-3-5-9-17(15)22/h3-10,14H,11-13H2,1-2H3,(H,21,23,25). The van der Waals surface area contributed by atoms with Gasteiger partial charge in [-0.2, -0.15) is 0 Å². The van der Waals surface area contributed by atoms with Crippen molar-refractivity contribution in [2.45, 2.75) is 20.3 Å². The molecule has 1 amide bonds. The first kappa shape index (κ1) is 17.4. The van der Waals surface area contributed by atoms with Gasteiger partial charge >= 0.3 is 0 Å². The van der Waals surface area contributed by atoms with Crippen LogP contribution in [0.15, 0.2) is 48.5 Å². The predicted molar refractivity (Wildman–Crippen MR) is 104 cm³/mol. The Morgan fingerprint density at radius 3 is 2.72 bits per heavy atom. The fourth-order valence-corrected chi connectivity index (χ4v) is 3.10. The zero-order valence-electron chi connectivity index (χ0n) is 14.5. The van der Waals surface area contributed by atoms with Crippen LogP contribution in [0.4, 0.5) is 5.69 Å². The quantitative estimate of drug-likeness (QED) is 0.848. The Hall–Kier alpha value is -2.40. The number of hydrogen-bond donors (Lipinski definition) is 1. The van der Waals surface area contributed by atoms with Crippen LogP contribution in [0.25, 0.3) is 0 Å². The number of carbonyl (C=O) groups is 1. The van der Waals surface area contributed by atoms with Gasteiger partial charge in [-0.3, -0.25) is 10.1 Å². The van der Waals surface area contributed by atoms with Crippen molar-refractivity contribution >= 4 is 28.9 Å². The van der Waals surface area contributed by atoms with Crippen molar-refractivity contribution in [3.63, 3.8) is 0 Å². The molecular weight excluding hydrogens is 332 g/mol. The van der Waals surface area contributed by atoms with E-state index in [4.69, 9.17) is 17.0 Å². The number of nitrogens with one attached hydrogen (secondary N) is 1. The van der Waals surface area contributed by atoms with E-state index in [0.29, 0.717) is 29.0 Å². The van der Waals surface area contributed by atoms with Gasteiger partial charge in [0.1, 0.15) is 5.75 Å². The average molecular weight is 354 g/mol. The Labute approximate surface area is 153 Å². The fourth-order valence-electron chi connectivity index (χ4n) is 2.82. The molecule has 1 N–H and O–H groups in total. The van der Waals surface area contributed by atoms with Gasteiger partial charge in [-0.1, -0.05) is 44.2 Å². The number of nitrogens with zero attached hydrogens (tertiary/aromatic N) is 1. The predicted octanol–water partition coefficient (Wildman–Crippen LogP) is 3.80. The van der Waals surface area contributed by atoms with Crippen LogP contribution in [0.3, 0.4) is 0 Å². The minimum Gasteiger partial charge on any atom is -0.492 e. The van der Waals surface area contributed by atoms with E-state index in [2.05, 4.69) is 25.2 Å². The molecule has 0 bridgehead atoms. The SMILES string of the molecule is CC(C)COc1ccccc1C(=O)NC(=S)N1CCc2ccccc21. The Balaban J connectivity index is 1.72. The molecule has 0 unspecified atom stereocenters. The number of anilines is 1. The highest BCUT2D eigenvalue weighted by Crippen LogP contribution is 2.27. The first-order valence-corrected chi connectivity index (χ1v) is 8.89. The summed E-state index contributed by atoms with van der Waals surface area (Å²) < 4.78 is 5.77.